The Labute approximate surface area is 234 Å². The van der Waals surface area contributed by atoms with E-state index in [9.17, 15) is 40.9 Å². The summed E-state index contributed by atoms with van der Waals surface area (Å²) in [5.74, 6) is -0.578. The summed E-state index contributed by atoms with van der Waals surface area (Å²) in [5, 5.41) is 81.7. The van der Waals surface area contributed by atoms with E-state index in [1.54, 1.807) is 0 Å². The molecule has 0 bridgehead atoms. The van der Waals surface area contributed by atoms with Gasteiger partial charge < -0.3 is 92.2 Å². The van der Waals surface area contributed by atoms with Gasteiger partial charge >= 0.3 is 0 Å². The fraction of sp³-hybridized carbons (Fsp3) is 1.00. The van der Waals surface area contributed by atoms with Crippen LogP contribution in [0.2, 0.25) is 0 Å². The van der Waals surface area contributed by atoms with Gasteiger partial charge in [-0.15, -0.1) is 0 Å². The normalized spacial score (nSPS) is 57.4. The van der Waals surface area contributed by atoms with Gasteiger partial charge in [0, 0.05) is 18.0 Å². The first kappa shape index (κ1) is 31.7. The molecule has 3 heterocycles. The zero-order chi connectivity index (χ0) is 29.9. The second kappa shape index (κ2) is 12.3. The summed E-state index contributed by atoms with van der Waals surface area (Å²) >= 11 is 0. The molecule has 20 atom stereocenters. The van der Waals surface area contributed by atoms with Crippen molar-refractivity contribution in [1.29, 1.82) is 0 Å². The van der Waals surface area contributed by atoms with E-state index in [-0.39, 0.29) is 6.42 Å². The van der Waals surface area contributed by atoms with Crippen molar-refractivity contribution in [3.05, 3.63) is 0 Å². The maximum Gasteiger partial charge on any atom is 0.187 e. The Morgan fingerprint density at radius 3 is 1.76 bits per heavy atom. The van der Waals surface area contributed by atoms with Crippen LogP contribution in [0.3, 0.4) is 0 Å². The van der Waals surface area contributed by atoms with Gasteiger partial charge in [0.1, 0.15) is 54.9 Å². The molecule has 41 heavy (non-hydrogen) atoms. The number of aliphatic hydroxyl groups is 8. The molecule has 0 aromatic heterocycles. The molecule has 2 saturated carbocycles. The highest BCUT2D eigenvalue weighted by atomic mass is 16.8. The van der Waals surface area contributed by atoms with Gasteiger partial charge in [0.05, 0.1) is 43.6 Å². The Hall–Kier alpha value is -0.720. The third-order valence-electron chi connectivity index (χ3n) is 8.85. The minimum absolute atomic E-state index is 0.0816. The molecule has 18 nitrogen and oxygen atoms in total. The molecule has 0 radical (unpaired) electrons. The molecule has 0 aromatic rings. The lowest BCUT2D eigenvalue weighted by atomic mass is 9.73. The van der Waals surface area contributed by atoms with Crippen LogP contribution >= 0.6 is 0 Å². The Kier molecular flexibility index (Phi) is 9.54. The molecular weight excluding hydrogens is 556 g/mol. The molecule has 16 N–H and O–H groups in total. The highest BCUT2D eigenvalue weighted by Gasteiger charge is 2.62. The van der Waals surface area contributed by atoms with Crippen molar-refractivity contribution in [2.75, 3.05) is 13.2 Å². The van der Waals surface area contributed by atoms with Crippen molar-refractivity contribution >= 4 is 0 Å². The van der Waals surface area contributed by atoms with Gasteiger partial charge in [0.15, 0.2) is 18.9 Å². The van der Waals surface area contributed by atoms with E-state index in [0.29, 0.717) is 0 Å². The van der Waals surface area contributed by atoms with Crippen LogP contribution in [-0.4, -0.2) is 170 Å². The second-order valence-electron chi connectivity index (χ2n) is 11.5. The molecule has 0 amide bonds. The van der Waals surface area contributed by atoms with Crippen molar-refractivity contribution in [3.8, 4) is 0 Å². The summed E-state index contributed by atoms with van der Waals surface area (Å²) in [7, 11) is 0. The second-order valence-corrected chi connectivity index (χ2v) is 11.5. The van der Waals surface area contributed by atoms with E-state index >= 15 is 0 Å². The summed E-state index contributed by atoms with van der Waals surface area (Å²) in [6.07, 6.45) is -18.9. The number of fused-ring (bicyclic) bond motifs is 1. The smallest absolute Gasteiger partial charge is 0.187 e. The molecule has 5 rings (SSSR count). The minimum atomic E-state index is -1.55. The molecule has 3 saturated heterocycles. The van der Waals surface area contributed by atoms with E-state index in [1.807, 2.05) is 0 Å². The van der Waals surface area contributed by atoms with E-state index in [2.05, 4.69) is 0 Å². The first-order valence-electron chi connectivity index (χ1n) is 13.6. The van der Waals surface area contributed by atoms with E-state index in [0.717, 1.165) is 0 Å². The van der Waals surface area contributed by atoms with Crippen LogP contribution < -0.4 is 22.9 Å². The average Bonchev–Trinajstić information content (AvgIpc) is 3.42. The van der Waals surface area contributed by atoms with Gasteiger partial charge in [-0.25, -0.2) is 0 Å². The highest BCUT2D eigenvalue weighted by molar-refractivity contribution is 5.09. The first-order chi connectivity index (χ1) is 19.4. The predicted molar refractivity (Wildman–Crippen MR) is 131 cm³/mol. The van der Waals surface area contributed by atoms with E-state index < -0.39 is 135 Å². The SMILES string of the molecule is NC1CC(N)C(OC2OC(CO)C(O)C(O)C2N)C(OC2OC(CO)C(OC3OC4C(O)C(O)C4C3N)C2O)C1O. The fourth-order valence-electron chi connectivity index (χ4n) is 6.30. The Morgan fingerprint density at radius 2 is 1.12 bits per heavy atom. The van der Waals surface area contributed by atoms with Crippen LogP contribution in [-0.2, 0) is 28.4 Å². The van der Waals surface area contributed by atoms with E-state index in [4.69, 9.17) is 51.4 Å². The van der Waals surface area contributed by atoms with Crippen LogP contribution in [0.25, 0.3) is 0 Å². The molecule has 5 fully saturated rings. The molecule has 5 aliphatic rings. The maximum atomic E-state index is 11.1. The number of nitrogens with two attached hydrogens (primary N) is 4. The molecule has 0 aromatic carbocycles. The van der Waals surface area contributed by atoms with Gasteiger partial charge in [-0.3, -0.25) is 0 Å². The van der Waals surface area contributed by atoms with Crippen molar-refractivity contribution in [2.45, 2.75) is 123 Å². The van der Waals surface area contributed by atoms with Crippen LogP contribution in [0, 0.1) is 5.92 Å². The summed E-state index contributed by atoms with van der Waals surface area (Å²) in [4.78, 5) is 0. The fourth-order valence-corrected chi connectivity index (χ4v) is 6.30. The molecule has 2 aliphatic carbocycles. The zero-order valence-corrected chi connectivity index (χ0v) is 22.0. The Bertz CT molecular complexity index is 895. The lowest BCUT2D eigenvalue weighted by Gasteiger charge is -2.47. The van der Waals surface area contributed by atoms with Gasteiger partial charge in [0.2, 0.25) is 0 Å². The molecule has 3 aliphatic heterocycles. The lowest BCUT2D eigenvalue weighted by Crippen LogP contribution is -2.68. The van der Waals surface area contributed by atoms with Gasteiger partial charge in [0.25, 0.3) is 0 Å². The van der Waals surface area contributed by atoms with Crippen molar-refractivity contribution in [2.24, 2.45) is 28.9 Å². The van der Waals surface area contributed by atoms with Crippen LogP contribution in [0.15, 0.2) is 0 Å². The number of rotatable bonds is 8. The standard InChI is InChI=1S/C23H42N4O14/c24-4-1-5(25)17(38-22-10(27)14(33)12(31)6(2-28)36-22)20(11(4)30)41-23-16(35)18(7(3-29)37-23)39-21-9(26)8-13(32)15(34)19(8)40-21/h4-23,28-35H,1-3,24-27H2. The third kappa shape index (κ3) is 5.54. The Balaban J connectivity index is 1.29. The van der Waals surface area contributed by atoms with E-state index in [1.165, 1.54) is 0 Å². The number of hydrogen-bond acceptors (Lipinski definition) is 18. The first-order valence-corrected chi connectivity index (χ1v) is 13.6. The molecule has 0 spiro atoms. The molecular formula is C23H42N4O14. The van der Waals surface area contributed by atoms with Crippen molar-refractivity contribution in [3.63, 3.8) is 0 Å². The van der Waals surface area contributed by atoms with Gasteiger partial charge in [-0.2, -0.15) is 0 Å². The predicted octanol–water partition coefficient (Wildman–Crippen LogP) is -8.19. The highest BCUT2D eigenvalue weighted by Crippen LogP contribution is 2.43. The maximum absolute atomic E-state index is 11.1. The van der Waals surface area contributed by atoms with Crippen LogP contribution in [0.5, 0.6) is 0 Å². The summed E-state index contributed by atoms with van der Waals surface area (Å²) in [6, 6.07) is -3.83. The third-order valence-corrected chi connectivity index (χ3v) is 8.85. The molecule has 18 heteroatoms. The minimum Gasteiger partial charge on any atom is -0.394 e. The summed E-state index contributed by atoms with van der Waals surface area (Å²) in [5.41, 5.74) is 24.5. The summed E-state index contributed by atoms with van der Waals surface area (Å²) in [6.45, 7) is -1.25. The number of hydrogen-bond donors (Lipinski definition) is 12. The van der Waals surface area contributed by atoms with Crippen molar-refractivity contribution < 1.29 is 69.3 Å². The van der Waals surface area contributed by atoms with Gasteiger partial charge in [-0.05, 0) is 6.42 Å². The monoisotopic (exact) mass is 598 g/mol. The van der Waals surface area contributed by atoms with Gasteiger partial charge in [-0.1, -0.05) is 0 Å². The number of ether oxygens (including phenoxy) is 6. The largest absolute Gasteiger partial charge is 0.394 e. The van der Waals surface area contributed by atoms with Crippen molar-refractivity contribution in [1.82, 2.24) is 0 Å². The topological polar surface area (TPSA) is 321 Å². The zero-order valence-electron chi connectivity index (χ0n) is 22.0. The lowest BCUT2D eigenvalue weighted by molar-refractivity contribution is -0.310. The Morgan fingerprint density at radius 1 is 0.537 bits per heavy atom. The molecule has 20 unspecified atom stereocenters. The quantitative estimate of drug-likeness (QED) is 0.123. The van der Waals surface area contributed by atoms with Crippen LogP contribution in [0.4, 0.5) is 0 Å². The molecule has 238 valence electrons. The number of aliphatic hydroxyl groups excluding tert-OH is 8. The summed E-state index contributed by atoms with van der Waals surface area (Å²) < 4.78 is 34.5. The van der Waals surface area contributed by atoms with Crippen LogP contribution in [0.1, 0.15) is 6.42 Å². The average molecular weight is 599 g/mol.